The van der Waals surface area contributed by atoms with E-state index in [9.17, 15) is 9.90 Å². The summed E-state index contributed by atoms with van der Waals surface area (Å²) in [5.74, 6) is 2.82. The van der Waals surface area contributed by atoms with Crippen LogP contribution in [0.4, 0.5) is 0 Å². The van der Waals surface area contributed by atoms with Crippen LogP contribution in [0.2, 0.25) is 0 Å². The first-order chi connectivity index (χ1) is 15.5. The number of aliphatic hydroxyl groups is 1. The van der Waals surface area contributed by atoms with Crippen molar-refractivity contribution in [3.63, 3.8) is 0 Å². The Morgan fingerprint density at radius 1 is 0.909 bits per heavy atom. The highest BCUT2D eigenvalue weighted by Gasteiger charge is 2.71. The van der Waals surface area contributed by atoms with E-state index in [-0.39, 0.29) is 33.4 Å². The van der Waals surface area contributed by atoms with Gasteiger partial charge in [-0.2, -0.15) is 0 Å². The number of ether oxygens (including phenoxy) is 1. The molecule has 5 aliphatic carbocycles. The molecule has 0 aromatic carbocycles. The van der Waals surface area contributed by atoms with E-state index in [1.165, 1.54) is 51.4 Å². The Bertz CT molecular complexity index is 817. The van der Waals surface area contributed by atoms with Crippen molar-refractivity contribution in [1.29, 1.82) is 0 Å². The van der Waals surface area contributed by atoms with Crippen LogP contribution in [0.15, 0.2) is 11.8 Å². The number of carbonyl (C=O) groups excluding carboxylic acids is 1. The van der Waals surface area contributed by atoms with Crippen LogP contribution in [0.1, 0.15) is 106 Å². The molecule has 4 fully saturated rings. The molecule has 0 spiro atoms. The Kier molecular flexibility index (Phi) is 6.21. The van der Waals surface area contributed by atoms with Crippen LogP contribution >= 0.6 is 0 Å². The first kappa shape index (κ1) is 25.3. The molecule has 0 amide bonds. The molecule has 3 heteroatoms. The zero-order valence-electron chi connectivity index (χ0n) is 22.7. The average Bonchev–Trinajstić information content (AvgIpc) is 3.25. The van der Waals surface area contributed by atoms with Gasteiger partial charge in [-0.25, -0.2) is 0 Å². The number of rotatable bonds is 2. The lowest BCUT2D eigenvalue weighted by atomic mass is 9.31. The molecule has 0 aromatic rings. The zero-order valence-corrected chi connectivity index (χ0v) is 22.7. The largest absolute Gasteiger partial charge is 0.493 e. The lowest BCUT2D eigenvalue weighted by Gasteiger charge is -2.72. The maximum atomic E-state index is 13.1. The van der Waals surface area contributed by atoms with Crippen LogP contribution in [0.5, 0.6) is 0 Å². The smallest absolute Gasteiger partial charge is 0.200 e. The summed E-state index contributed by atoms with van der Waals surface area (Å²) in [6.45, 7) is 16.6. The molecule has 4 saturated carbocycles. The average molecular weight is 459 g/mol. The third-order valence-corrected chi connectivity index (χ3v) is 12.9. The molecule has 5 rings (SSSR count). The number of aliphatic hydroxyl groups excluding tert-OH is 1. The van der Waals surface area contributed by atoms with Gasteiger partial charge in [-0.3, -0.25) is 4.79 Å². The van der Waals surface area contributed by atoms with Gasteiger partial charge in [-0.15, -0.1) is 0 Å². The summed E-state index contributed by atoms with van der Waals surface area (Å²) >= 11 is 0. The second-order valence-corrected chi connectivity index (χ2v) is 13.1. The first-order valence-electron chi connectivity index (χ1n) is 13.9. The Morgan fingerprint density at radius 2 is 1.55 bits per heavy atom. The summed E-state index contributed by atoms with van der Waals surface area (Å²) < 4.78 is 5.65. The highest BCUT2D eigenvalue weighted by atomic mass is 16.5. The van der Waals surface area contributed by atoms with Gasteiger partial charge in [0.15, 0.2) is 11.5 Å². The first-order valence-corrected chi connectivity index (χ1v) is 13.9. The Morgan fingerprint density at radius 3 is 2.18 bits per heavy atom. The minimum absolute atomic E-state index is 0.00360. The van der Waals surface area contributed by atoms with Crippen molar-refractivity contribution in [1.82, 2.24) is 0 Å². The van der Waals surface area contributed by atoms with Gasteiger partial charge in [-0.1, -0.05) is 54.9 Å². The molecular weight excluding hydrogens is 408 g/mol. The summed E-state index contributed by atoms with van der Waals surface area (Å²) in [6.07, 6.45) is 13.4. The van der Waals surface area contributed by atoms with Crippen molar-refractivity contribution in [2.24, 2.45) is 50.7 Å². The van der Waals surface area contributed by atoms with Crippen molar-refractivity contribution in [3.05, 3.63) is 11.8 Å². The molecule has 0 aromatic heterocycles. The van der Waals surface area contributed by atoms with E-state index in [1.54, 1.807) is 7.11 Å². The number of fused-ring (bicyclic) bond motifs is 7. The number of hydrogen-bond acceptors (Lipinski definition) is 3. The SMILES string of the molecule is CC.COC1=CC2(C)C3CCC4C5CCCC5(CO)CC[C@@]4(C)C3(C)CCC2(C)C(C)C1=O. The lowest BCUT2D eigenvalue weighted by Crippen LogP contribution is -2.67. The van der Waals surface area contributed by atoms with Gasteiger partial charge in [-0.05, 0) is 102 Å². The van der Waals surface area contributed by atoms with Crippen molar-refractivity contribution in [2.45, 2.75) is 106 Å². The van der Waals surface area contributed by atoms with E-state index in [0.717, 1.165) is 12.3 Å². The topological polar surface area (TPSA) is 46.5 Å². The molecule has 0 bridgehead atoms. The summed E-state index contributed by atoms with van der Waals surface area (Å²) in [4.78, 5) is 13.1. The fourth-order valence-corrected chi connectivity index (χ4v) is 10.4. The number of Topliss-reactive ketones (excluding diaryl/α,β-unsaturated/α-hetero) is 1. The molecule has 8 unspecified atom stereocenters. The Hall–Kier alpha value is -0.830. The van der Waals surface area contributed by atoms with Crippen LogP contribution in [0.3, 0.4) is 0 Å². The van der Waals surface area contributed by atoms with Crippen molar-refractivity contribution < 1.29 is 14.6 Å². The second kappa shape index (κ2) is 8.10. The standard InChI is InChI=1S/C28H44O3.C2H6/c1-18-23(30)21(31-6)16-27(5)22-10-9-19-20-8-7-11-28(20,17-29)15-14-25(19,3)26(22,4)13-12-24(18,27)2;1-2/h16,18-20,22,29H,7-15,17H2,1-6H3;1-2H3/t18?,19?,20?,22?,24?,25-,26?,27?,28?;/m1./s1. The summed E-state index contributed by atoms with van der Waals surface area (Å²) in [5.41, 5.74) is 0.767. The Balaban J connectivity index is 0.00000126. The second-order valence-electron chi connectivity index (χ2n) is 13.1. The third kappa shape index (κ3) is 2.93. The predicted molar refractivity (Wildman–Crippen MR) is 135 cm³/mol. The molecule has 0 radical (unpaired) electrons. The van der Waals surface area contributed by atoms with E-state index in [0.29, 0.717) is 29.6 Å². The van der Waals surface area contributed by atoms with Gasteiger partial charge >= 0.3 is 0 Å². The molecule has 33 heavy (non-hydrogen) atoms. The lowest BCUT2D eigenvalue weighted by molar-refractivity contribution is -0.231. The summed E-state index contributed by atoms with van der Waals surface area (Å²) in [5, 5.41) is 10.4. The molecule has 3 nitrogen and oxygen atoms in total. The van der Waals surface area contributed by atoms with Crippen LogP contribution < -0.4 is 0 Å². The minimum Gasteiger partial charge on any atom is -0.493 e. The normalized spacial score (nSPS) is 52.9. The molecule has 0 aliphatic heterocycles. The molecule has 5 aliphatic rings. The molecular formula is C30H50O3. The van der Waals surface area contributed by atoms with E-state index < -0.39 is 0 Å². The van der Waals surface area contributed by atoms with E-state index >= 15 is 0 Å². The van der Waals surface area contributed by atoms with Crippen molar-refractivity contribution in [2.75, 3.05) is 13.7 Å². The number of carbonyl (C=O) groups is 1. The van der Waals surface area contributed by atoms with Crippen LogP contribution in [-0.4, -0.2) is 24.6 Å². The maximum absolute atomic E-state index is 13.1. The van der Waals surface area contributed by atoms with Crippen molar-refractivity contribution in [3.8, 4) is 0 Å². The van der Waals surface area contributed by atoms with Gasteiger partial charge in [0.1, 0.15) is 0 Å². The summed E-state index contributed by atoms with van der Waals surface area (Å²) in [7, 11) is 1.67. The number of ketones is 1. The minimum atomic E-state index is -0.0200. The monoisotopic (exact) mass is 458 g/mol. The fourth-order valence-electron chi connectivity index (χ4n) is 10.4. The molecule has 0 heterocycles. The molecule has 0 saturated heterocycles. The van der Waals surface area contributed by atoms with Crippen molar-refractivity contribution >= 4 is 5.78 Å². The highest BCUT2D eigenvalue weighted by molar-refractivity contribution is 5.97. The molecule has 9 atom stereocenters. The highest BCUT2D eigenvalue weighted by Crippen LogP contribution is 2.77. The van der Waals surface area contributed by atoms with Gasteiger partial charge in [0.2, 0.25) is 0 Å². The number of methoxy groups -OCH3 is 1. The van der Waals surface area contributed by atoms with E-state index in [2.05, 4.69) is 40.7 Å². The van der Waals surface area contributed by atoms with Crippen LogP contribution in [0, 0.1) is 50.7 Å². The summed E-state index contributed by atoms with van der Waals surface area (Å²) in [6, 6.07) is 0. The number of allylic oxidation sites excluding steroid dienone is 2. The molecule has 188 valence electrons. The van der Waals surface area contributed by atoms with Gasteiger partial charge in [0, 0.05) is 12.5 Å². The van der Waals surface area contributed by atoms with Gasteiger partial charge in [0.05, 0.1) is 7.11 Å². The maximum Gasteiger partial charge on any atom is 0.200 e. The number of hydrogen-bond donors (Lipinski definition) is 1. The Labute approximate surface area is 203 Å². The molecule has 1 N–H and O–H groups in total. The van der Waals surface area contributed by atoms with E-state index in [1.807, 2.05) is 13.8 Å². The quantitative estimate of drug-likeness (QED) is 0.477. The van der Waals surface area contributed by atoms with Crippen LogP contribution in [-0.2, 0) is 9.53 Å². The van der Waals surface area contributed by atoms with Gasteiger partial charge in [0.25, 0.3) is 0 Å². The third-order valence-electron chi connectivity index (χ3n) is 12.9. The van der Waals surface area contributed by atoms with Crippen LogP contribution in [0.25, 0.3) is 0 Å². The fraction of sp³-hybridized carbons (Fsp3) is 0.900. The predicted octanol–water partition coefficient (Wildman–Crippen LogP) is 7.18. The zero-order chi connectivity index (χ0) is 24.4. The van der Waals surface area contributed by atoms with E-state index in [4.69, 9.17) is 4.74 Å². The van der Waals surface area contributed by atoms with Gasteiger partial charge < -0.3 is 9.84 Å².